The molecule has 1 aliphatic rings. The molecule has 1 saturated heterocycles. The van der Waals surface area contributed by atoms with Crippen molar-refractivity contribution in [2.24, 2.45) is 0 Å². The highest BCUT2D eigenvalue weighted by Gasteiger charge is 2.24. The monoisotopic (exact) mass is 424 g/mol. The van der Waals surface area contributed by atoms with Crippen molar-refractivity contribution in [3.8, 4) is 0 Å². The summed E-state index contributed by atoms with van der Waals surface area (Å²) < 4.78 is 1.76. The van der Waals surface area contributed by atoms with Crippen LogP contribution in [0.1, 0.15) is 24.1 Å². The molecule has 3 aromatic rings. The van der Waals surface area contributed by atoms with E-state index in [4.69, 9.17) is 0 Å². The highest BCUT2D eigenvalue weighted by Crippen LogP contribution is 2.25. The lowest BCUT2D eigenvalue weighted by Gasteiger charge is -2.13. The van der Waals surface area contributed by atoms with Crippen LogP contribution in [0.25, 0.3) is 0 Å². The number of carbonyl (C=O) groups is 2. The van der Waals surface area contributed by atoms with E-state index in [0.717, 1.165) is 17.7 Å². The first-order valence-corrected chi connectivity index (χ1v) is 10.7. The fraction of sp³-hybridized carbons (Fsp3) is 0.333. The summed E-state index contributed by atoms with van der Waals surface area (Å²) in [6.07, 6.45) is 3.25. The van der Waals surface area contributed by atoms with Gasteiger partial charge >= 0.3 is 0 Å². The Balaban J connectivity index is 1.37. The Morgan fingerprint density at radius 2 is 2.03 bits per heavy atom. The molecule has 0 radical (unpaired) electrons. The van der Waals surface area contributed by atoms with E-state index in [-0.39, 0.29) is 18.2 Å². The number of nitrogens with one attached hydrogen (secondary N) is 1. The molecule has 1 aromatic carbocycles. The van der Waals surface area contributed by atoms with Gasteiger partial charge in [-0.15, -0.1) is 11.3 Å². The van der Waals surface area contributed by atoms with Gasteiger partial charge in [0.1, 0.15) is 5.82 Å². The fourth-order valence-corrected chi connectivity index (χ4v) is 4.21. The summed E-state index contributed by atoms with van der Waals surface area (Å²) in [7, 11) is 4.01. The van der Waals surface area contributed by atoms with E-state index < -0.39 is 0 Å². The van der Waals surface area contributed by atoms with Crippen molar-refractivity contribution in [1.82, 2.24) is 14.8 Å². The summed E-state index contributed by atoms with van der Waals surface area (Å²) in [6, 6.07) is 10.0. The molecule has 9 heteroatoms. The molecule has 0 aliphatic carbocycles. The van der Waals surface area contributed by atoms with E-state index in [1.807, 2.05) is 24.4 Å². The third-order valence-corrected chi connectivity index (χ3v) is 5.87. The molecule has 156 valence electrons. The van der Waals surface area contributed by atoms with E-state index in [2.05, 4.69) is 39.7 Å². The number of amides is 2. The summed E-state index contributed by atoms with van der Waals surface area (Å²) in [5.41, 5.74) is 2.89. The fourth-order valence-electron chi connectivity index (χ4n) is 3.34. The molecule has 0 spiro atoms. The topological polar surface area (TPSA) is 83.4 Å². The zero-order valence-electron chi connectivity index (χ0n) is 17.0. The van der Waals surface area contributed by atoms with E-state index in [9.17, 15) is 9.59 Å². The molecular formula is C21H24N6O2S. The molecule has 0 saturated carbocycles. The third-order valence-electron chi connectivity index (χ3n) is 4.95. The van der Waals surface area contributed by atoms with Gasteiger partial charge in [-0.25, -0.2) is 9.67 Å². The van der Waals surface area contributed by atoms with Gasteiger partial charge in [0.25, 0.3) is 0 Å². The van der Waals surface area contributed by atoms with Crippen LogP contribution < -0.4 is 15.1 Å². The maximum Gasteiger partial charge on any atom is 0.231 e. The molecule has 1 aliphatic heterocycles. The van der Waals surface area contributed by atoms with Gasteiger partial charge in [0.15, 0.2) is 5.13 Å². The second-order valence-electron chi connectivity index (χ2n) is 7.43. The number of thiazole rings is 1. The molecule has 30 heavy (non-hydrogen) atoms. The summed E-state index contributed by atoms with van der Waals surface area (Å²) >= 11 is 1.40. The first kappa shape index (κ1) is 20.1. The Kier molecular flexibility index (Phi) is 5.80. The molecule has 1 fully saturated rings. The van der Waals surface area contributed by atoms with Gasteiger partial charge in [-0.3, -0.25) is 14.5 Å². The van der Waals surface area contributed by atoms with Crippen LogP contribution in [0.4, 0.5) is 16.6 Å². The predicted octanol–water partition coefficient (Wildman–Crippen LogP) is 2.76. The molecule has 3 heterocycles. The molecule has 2 amide bonds. The number of nitrogens with zero attached hydrogens (tertiary/aromatic N) is 5. The van der Waals surface area contributed by atoms with Gasteiger partial charge in [-0.05, 0) is 24.1 Å². The third kappa shape index (κ3) is 4.51. The molecule has 0 bridgehead atoms. The molecule has 0 atom stereocenters. The highest BCUT2D eigenvalue weighted by molar-refractivity contribution is 7.14. The van der Waals surface area contributed by atoms with Crippen molar-refractivity contribution < 1.29 is 9.59 Å². The largest absolute Gasteiger partial charge is 0.378 e. The zero-order valence-corrected chi connectivity index (χ0v) is 17.9. The molecule has 0 unspecified atom stereocenters. The first-order valence-electron chi connectivity index (χ1n) is 9.82. The minimum absolute atomic E-state index is 0.0999. The van der Waals surface area contributed by atoms with E-state index in [1.54, 1.807) is 21.8 Å². The lowest BCUT2D eigenvalue weighted by Crippen LogP contribution is -2.23. The van der Waals surface area contributed by atoms with Crippen LogP contribution in [0.15, 0.2) is 41.9 Å². The second kappa shape index (κ2) is 8.66. The quantitative estimate of drug-likeness (QED) is 0.631. The molecule has 2 aromatic heterocycles. The van der Waals surface area contributed by atoms with Gasteiger partial charge in [-0.1, -0.05) is 12.1 Å². The lowest BCUT2D eigenvalue weighted by atomic mass is 10.2. The summed E-state index contributed by atoms with van der Waals surface area (Å²) in [6.45, 7) is 1.26. The van der Waals surface area contributed by atoms with Gasteiger partial charge in [-0.2, -0.15) is 5.10 Å². The zero-order chi connectivity index (χ0) is 21.1. The van der Waals surface area contributed by atoms with Crippen molar-refractivity contribution >= 4 is 39.8 Å². The number of hydrogen-bond acceptors (Lipinski definition) is 6. The van der Waals surface area contributed by atoms with Crippen molar-refractivity contribution in [2.45, 2.75) is 25.8 Å². The molecule has 8 nitrogen and oxygen atoms in total. The Labute approximate surface area is 179 Å². The summed E-state index contributed by atoms with van der Waals surface area (Å²) in [5, 5.41) is 9.75. The van der Waals surface area contributed by atoms with Gasteiger partial charge in [0, 0.05) is 44.2 Å². The van der Waals surface area contributed by atoms with Gasteiger partial charge in [0.05, 0.1) is 24.9 Å². The normalized spacial score (nSPS) is 13.7. The first-order chi connectivity index (χ1) is 14.5. The minimum Gasteiger partial charge on any atom is -0.378 e. The van der Waals surface area contributed by atoms with Crippen molar-refractivity contribution in [2.75, 3.05) is 35.8 Å². The number of anilines is 3. The van der Waals surface area contributed by atoms with E-state index >= 15 is 0 Å². The number of benzene rings is 1. The standard InChI is InChI=1S/C21H24N6O2S/c1-25(2)17-7-5-15(6-8-17)13-27-18(9-10-22-27)24-19(28)12-16-14-30-21(23-16)26-11-3-4-20(26)29/h5-10,14H,3-4,11-13H2,1-2H3,(H,24,28). The Morgan fingerprint density at radius 1 is 1.23 bits per heavy atom. The van der Waals surface area contributed by atoms with Crippen LogP contribution in [-0.4, -0.2) is 47.2 Å². The van der Waals surface area contributed by atoms with E-state index in [0.29, 0.717) is 36.2 Å². The van der Waals surface area contributed by atoms with Crippen LogP contribution in [0.5, 0.6) is 0 Å². The molecule has 1 N–H and O–H groups in total. The number of aromatic nitrogens is 3. The lowest BCUT2D eigenvalue weighted by molar-refractivity contribution is -0.117. The van der Waals surface area contributed by atoms with Crippen LogP contribution in [0.3, 0.4) is 0 Å². The summed E-state index contributed by atoms with van der Waals surface area (Å²) in [4.78, 5) is 32.6. The summed E-state index contributed by atoms with van der Waals surface area (Å²) in [5.74, 6) is 0.578. The van der Waals surface area contributed by atoms with E-state index in [1.165, 1.54) is 11.3 Å². The van der Waals surface area contributed by atoms with Crippen LogP contribution in [-0.2, 0) is 22.6 Å². The van der Waals surface area contributed by atoms with Gasteiger partial charge < -0.3 is 10.2 Å². The van der Waals surface area contributed by atoms with Crippen molar-refractivity contribution in [3.63, 3.8) is 0 Å². The number of hydrogen-bond donors (Lipinski definition) is 1. The maximum atomic E-state index is 12.5. The van der Waals surface area contributed by atoms with Crippen LogP contribution in [0.2, 0.25) is 0 Å². The minimum atomic E-state index is -0.163. The van der Waals surface area contributed by atoms with Crippen LogP contribution >= 0.6 is 11.3 Å². The number of rotatable bonds is 7. The molecular weight excluding hydrogens is 400 g/mol. The van der Waals surface area contributed by atoms with Crippen LogP contribution in [0, 0.1) is 0 Å². The highest BCUT2D eigenvalue weighted by atomic mass is 32.1. The van der Waals surface area contributed by atoms with Crippen molar-refractivity contribution in [1.29, 1.82) is 0 Å². The average Bonchev–Trinajstić information content (AvgIpc) is 3.44. The smallest absolute Gasteiger partial charge is 0.231 e. The average molecular weight is 425 g/mol. The maximum absolute atomic E-state index is 12.5. The second-order valence-corrected chi connectivity index (χ2v) is 8.27. The van der Waals surface area contributed by atoms with Crippen molar-refractivity contribution in [3.05, 3.63) is 53.2 Å². The molecule has 4 rings (SSSR count). The predicted molar refractivity (Wildman–Crippen MR) is 118 cm³/mol. The SMILES string of the molecule is CN(C)c1ccc(Cn2nccc2NC(=O)Cc2csc(N3CCCC3=O)n2)cc1. The Bertz CT molecular complexity index is 1040. The van der Waals surface area contributed by atoms with Gasteiger partial charge in [0.2, 0.25) is 11.8 Å². The Hall–Kier alpha value is -3.20. The Morgan fingerprint density at radius 3 is 2.73 bits per heavy atom. The number of carbonyl (C=O) groups excluding carboxylic acids is 2.